The molecule has 1 heterocycles. The average molecular weight is 396 g/mol. The number of hydroxylamine groups is 1. The molecule has 2 rings (SSSR count). The summed E-state index contributed by atoms with van der Waals surface area (Å²) in [6, 6.07) is 5.89. The molecule has 1 fully saturated rings. The van der Waals surface area contributed by atoms with Crippen molar-refractivity contribution in [3.05, 3.63) is 29.3 Å². The van der Waals surface area contributed by atoms with Crippen molar-refractivity contribution in [1.82, 2.24) is 10.2 Å². The third-order valence-corrected chi connectivity index (χ3v) is 3.82. The van der Waals surface area contributed by atoms with E-state index in [1.54, 1.807) is 0 Å². The number of benzene rings is 1. The number of ether oxygens (including phenoxy) is 1. The molecular weight excluding hydrogens is 379 g/mol. The SMILES string of the molecule is NC1CCN(N(OC(=O)C(F)(F)F)C(=O)COc2ccc(Cl)cc2)CC1. The van der Waals surface area contributed by atoms with E-state index in [4.69, 9.17) is 22.1 Å². The van der Waals surface area contributed by atoms with Crippen LogP contribution in [0, 0.1) is 0 Å². The average Bonchev–Trinajstić information content (AvgIpc) is 2.59. The summed E-state index contributed by atoms with van der Waals surface area (Å²) in [6.45, 7) is -0.298. The molecule has 1 aromatic carbocycles. The quantitative estimate of drug-likeness (QED) is 0.784. The van der Waals surface area contributed by atoms with Crippen LogP contribution in [0.5, 0.6) is 5.75 Å². The van der Waals surface area contributed by atoms with Crippen molar-refractivity contribution in [2.24, 2.45) is 5.73 Å². The van der Waals surface area contributed by atoms with Crippen LogP contribution in [-0.4, -0.2) is 54.0 Å². The highest BCUT2D eigenvalue weighted by Crippen LogP contribution is 2.20. The number of hydrogen-bond donors (Lipinski definition) is 1. The first-order chi connectivity index (χ1) is 12.2. The zero-order chi connectivity index (χ0) is 19.3. The Morgan fingerprint density at radius 2 is 1.81 bits per heavy atom. The van der Waals surface area contributed by atoms with Gasteiger partial charge in [0.05, 0.1) is 0 Å². The van der Waals surface area contributed by atoms with Gasteiger partial charge >= 0.3 is 18.1 Å². The van der Waals surface area contributed by atoms with Gasteiger partial charge in [0, 0.05) is 24.2 Å². The Hall–Kier alpha value is -2.04. The minimum Gasteiger partial charge on any atom is -0.484 e. The molecule has 2 N–H and O–H groups in total. The Kier molecular flexibility index (Phi) is 6.68. The largest absolute Gasteiger partial charge is 0.493 e. The smallest absolute Gasteiger partial charge is 0.484 e. The van der Waals surface area contributed by atoms with E-state index in [0.717, 1.165) is 0 Å². The molecule has 144 valence electrons. The van der Waals surface area contributed by atoms with Gasteiger partial charge in [-0.05, 0) is 37.1 Å². The number of carbonyl (C=O) groups excluding carboxylic acids is 2. The zero-order valence-electron chi connectivity index (χ0n) is 13.5. The number of halogens is 4. The lowest BCUT2D eigenvalue weighted by Crippen LogP contribution is -2.54. The molecule has 11 heteroatoms. The molecule has 0 aliphatic carbocycles. The second-order valence-electron chi connectivity index (χ2n) is 5.58. The number of piperidine rings is 1. The van der Waals surface area contributed by atoms with Crippen molar-refractivity contribution in [3.8, 4) is 5.75 Å². The van der Waals surface area contributed by atoms with Gasteiger partial charge in [-0.15, -0.1) is 0 Å². The third kappa shape index (κ3) is 5.75. The van der Waals surface area contributed by atoms with Crippen LogP contribution in [0.15, 0.2) is 24.3 Å². The number of rotatable bonds is 4. The number of nitrogens with two attached hydrogens (primary N) is 1. The van der Waals surface area contributed by atoms with E-state index in [9.17, 15) is 22.8 Å². The fraction of sp³-hybridized carbons (Fsp3) is 0.467. The molecule has 0 atom stereocenters. The Labute approximate surface area is 152 Å². The minimum atomic E-state index is -5.23. The van der Waals surface area contributed by atoms with E-state index >= 15 is 0 Å². The summed E-state index contributed by atoms with van der Waals surface area (Å²) in [6.07, 6.45) is -4.36. The van der Waals surface area contributed by atoms with Gasteiger partial charge in [-0.1, -0.05) is 16.8 Å². The Bertz CT molecular complexity index is 634. The Morgan fingerprint density at radius 1 is 1.23 bits per heavy atom. The second-order valence-corrected chi connectivity index (χ2v) is 6.01. The van der Waals surface area contributed by atoms with Crippen LogP contribution >= 0.6 is 11.6 Å². The number of carbonyl (C=O) groups is 2. The first-order valence-corrected chi connectivity index (χ1v) is 8.05. The molecule has 0 saturated carbocycles. The molecule has 1 saturated heterocycles. The molecule has 1 aromatic rings. The first-order valence-electron chi connectivity index (χ1n) is 7.67. The maximum absolute atomic E-state index is 12.5. The number of amides is 1. The number of nitrogens with zero attached hydrogens (tertiary/aromatic N) is 2. The molecule has 0 radical (unpaired) electrons. The Balaban J connectivity index is 2.04. The van der Waals surface area contributed by atoms with Crippen molar-refractivity contribution in [2.75, 3.05) is 19.7 Å². The van der Waals surface area contributed by atoms with Crippen molar-refractivity contribution >= 4 is 23.5 Å². The summed E-state index contributed by atoms with van der Waals surface area (Å²) < 4.78 is 42.7. The van der Waals surface area contributed by atoms with Gasteiger partial charge in [0.25, 0.3) is 0 Å². The van der Waals surface area contributed by atoms with Crippen LogP contribution in [0.2, 0.25) is 5.02 Å². The predicted octanol–water partition coefficient (Wildman–Crippen LogP) is 1.91. The third-order valence-electron chi connectivity index (χ3n) is 3.56. The van der Waals surface area contributed by atoms with Gasteiger partial charge in [-0.25, -0.2) is 4.79 Å². The van der Waals surface area contributed by atoms with Gasteiger partial charge in [-0.3, -0.25) is 4.79 Å². The predicted molar refractivity (Wildman–Crippen MR) is 84.7 cm³/mol. The number of alkyl halides is 3. The number of hydrazine groups is 1. The molecule has 1 aliphatic rings. The molecule has 0 bridgehead atoms. The van der Waals surface area contributed by atoms with Crippen LogP contribution in [-0.2, 0) is 14.4 Å². The van der Waals surface area contributed by atoms with Crippen LogP contribution in [0.3, 0.4) is 0 Å². The van der Waals surface area contributed by atoms with Crippen molar-refractivity contribution in [2.45, 2.75) is 25.1 Å². The molecule has 1 amide bonds. The molecule has 0 spiro atoms. The van der Waals surface area contributed by atoms with Gasteiger partial charge in [0.2, 0.25) is 0 Å². The summed E-state index contributed by atoms with van der Waals surface area (Å²) in [5, 5.41) is 1.95. The van der Waals surface area contributed by atoms with Crippen LogP contribution in [0.1, 0.15) is 12.8 Å². The van der Waals surface area contributed by atoms with Crippen LogP contribution in [0.25, 0.3) is 0 Å². The second kappa shape index (κ2) is 8.56. The monoisotopic (exact) mass is 395 g/mol. The van der Waals surface area contributed by atoms with Crippen LogP contribution in [0.4, 0.5) is 13.2 Å². The van der Waals surface area contributed by atoms with E-state index in [0.29, 0.717) is 23.0 Å². The molecule has 26 heavy (non-hydrogen) atoms. The van der Waals surface area contributed by atoms with Gasteiger partial charge in [-0.2, -0.15) is 18.2 Å². The maximum Gasteiger partial charge on any atom is 0.493 e. The van der Waals surface area contributed by atoms with E-state index in [1.807, 2.05) is 0 Å². The summed E-state index contributed by atoms with van der Waals surface area (Å²) >= 11 is 5.73. The molecule has 0 aromatic heterocycles. The van der Waals surface area contributed by atoms with E-state index in [1.165, 1.54) is 29.3 Å². The van der Waals surface area contributed by atoms with Crippen molar-refractivity contribution in [1.29, 1.82) is 0 Å². The molecule has 1 aliphatic heterocycles. The van der Waals surface area contributed by atoms with Gasteiger partial charge in [0.1, 0.15) is 5.75 Å². The minimum absolute atomic E-state index is 0.133. The zero-order valence-corrected chi connectivity index (χ0v) is 14.3. The maximum atomic E-state index is 12.5. The standard InChI is InChI=1S/C15H17ClF3N3O4/c16-10-1-3-12(4-2-10)25-9-13(23)22(26-14(24)15(17,18)19)21-7-5-11(20)6-8-21/h1-4,11H,5-9,20H2. The highest BCUT2D eigenvalue weighted by atomic mass is 35.5. The van der Waals surface area contributed by atoms with E-state index in [-0.39, 0.29) is 24.9 Å². The van der Waals surface area contributed by atoms with E-state index in [2.05, 4.69) is 4.84 Å². The fourth-order valence-corrected chi connectivity index (χ4v) is 2.32. The van der Waals surface area contributed by atoms with Gasteiger partial charge in [0.15, 0.2) is 6.61 Å². The highest BCUT2D eigenvalue weighted by Gasteiger charge is 2.44. The summed E-state index contributed by atoms with van der Waals surface area (Å²) in [5.41, 5.74) is 5.74. The lowest BCUT2D eigenvalue weighted by Gasteiger charge is -2.36. The molecular formula is C15H17ClF3N3O4. The first kappa shape index (κ1) is 20.3. The molecule has 0 unspecified atom stereocenters. The summed E-state index contributed by atoms with van der Waals surface area (Å²) in [5.74, 6) is -3.18. The van der Waals surface area contributed by atoms with E-state index < -0.39 is 24.7 Å². The highest BCUT2D eigenvalue weighted by molar-refractivity contribution is 6.30. The fourth-order valence-electron chi connectivity index (χ4n) is 2.20. The van der Waals surface area contributed by atoms with Crippen molar-refractivity contribution < 1.29 is 32.3 Å². The summed E-state index contributed by atoms with van der Waals surface area (Å²) in [7, 11) is 0. The Morgan fingerprint density at radius 3 is 2.35 bits per heavy atom. The molecule has 7 nitrogen and oxygen atoms in total. The lowest BCUT2D eigenvalue weighted by molar-refractivity contribution is -0.284. The number of hydrogen-bond acceptors (Lipinski definition) is 6. The van der Waals surface area contributed by atoms with Crippen LogP contribution < -0.4 is 10.5 Å². The van der Waals surface area contributed by atoms with Crippen molar-refractivity contribution in [3.63, 3.8) is 0 Å². The van der Waals surface area contributed by atoms with Gasteiger partial charge < -0.3 is 15.3 Å². The summed E-state index contributed by atoms with van der Waals surface area (Å²) in [4.78, 5) is 27.7. The topological polar surface area (TPSA) is 85.1 Å². The normalized spacial score (nSPS) is 16.2. The lowest BCUT2D eigenvalue weighted by atomic mass is 10.1.